The Balaban J connectivity index is 2.48. The zero-order chi connectivity index (χ0) is 16.7. The van der Waals surface area contributed by atoms with Gasteiger partial charge in [0.05, 0.1) is 10.9 Å². The van der Waals surface area contributed by atoms with Gasteiger partial charge < -0.3 is 19.6 Å². The summed E-state index contributed by atoms with van der Waals surface area (Å²) in [4.78, 5) is 37.2. The lowest BCUT2D eigenvalue weighted by Crippen LogP contribution is -2.07. The third-order valence-electron chi connectivity index (χ3n) is 3.65. The summed E-state index contributed by atoms with van der Waals surface area (Å²) in [5.74, 6) is -2.88. The molecular weight excluding hydrogens is 302 g/mol. The van der Waals surface area contributed by atoms with Crippen molar-refractivity contribution in [3.63, 3.8) is 0 Å². The summed E-state index contributed by atoms with van der Waals surface area (Å²) in [7, 11) is 0. The lowest BCUT2D eigenvalue weighted by molar-refractivity contribution is 0.0660. The number of H-pyrrole nitrogens is 1. The van der Waals surface area contributed by atoms with E-state index in [1.54, 1.807) is 0 Å². The van der Waals surface area contributed by atoms with Crippen LogP contribution in [0.4, 0.5) is 0 Å². The van der Waals surface area contributed by atoms with E-state index in [9.17, 15) is 14.4 Å². The molecule has 2 heterocycles. The number of aromatic carboxylic acids is 2. The Labute approximate surface area is 129 Å². The zero-order valence-corrected chi connectivity index (χ0v) is 12.2. The molecule has 7 nitrogen and oxygen atoms in total. The Bertz CT molecular complexity index is 1010. The first-order valence-corrected chi connectivity index (χ1v) is 7.01. The molecule has 118 valence electrons. The summed E-state index contributed by atoms with van der Waals surface area (Å²) >= 11 is 0. The van der Waals surface area contributed by atoms with Crippen LogP contribution in [-0.2, 0) is 6.42 Å². The number of carboxylic acid groups (broad SMARTS) is 2. The number of rotatable bonds is 4. The molecule has 0 aliphatic carbocycles. The van der Waals surface area contributed by atoms with Gasteiger partial charge in [-0.3, -0.25) is 4.79 Å². The van der Waals surface area contributed by atoms with E-state index in [1.165, 1.54) is 12.1 Å². The van der Waals surface area contributed by atoms with Crippen LogP contribution in [0.3, 0.4) is 0 Å². The molecule has 3 rings (SSSR count). The molecule has 3 N–H and O–H groups in total. The van der Waals surface area contributed by atoms with Crippen LogP contribution in [0.25, 0.3) is 21.9 Å². The minimum atomic E-state index is -1.33. The molecule has 0 bridgehead atoms. The van der Waals surface area contributed by atoms with E-state index in [0.717, 1.165) is 12.5 Å². The fourth-order valence-corrected chi connectivity index (χ4v) is 2.68. The molecule has 0 saturated carbocycles. The molecule has 0 atom stereocenters. The van der Waals surface area contributed by atoms with Gasteiger partial charge in [-0.05, 0) is 18.6 Å². The monoisotopic (exact) mass is 315 g/mol. The standard InChI is InChI=1S/C16H13NO6/c1-2-3-8-13-7(5-10(17-13)15(19)20)4-9-11(18)6-12(16(21)22)23-14(8)9/h4-6,17H,2-3H2,1H3,(H,19,20)(H,21,22). The van der Waals surface area contributed by atoms with Crippen molar-refractivity contribution in [1.82, 2.24) is 4.98 Å². The predicted octanol–water partition coefficient (Wildman–Crippen LogP) is 2.62. The van der Waals surface area contributed by atoms with Gasteiger partial charge in [0.25, 0.3) is 0 Å². The highest BCUT2D eigenvalue weighted by Gasteiger charge is 2.18. The molecule has 0 saturated heterocycles. The Morgan fingerprint density at radius 3 is 2.52 bits per heavy atom. The smallest absolute Gasteiger partial charge is 0.371 e. The molecule has 3 aromatic rings. The van der Waals surface area contributed by atoms with E-state index in [1.807, 2.05) is 6.92 Å². The van der Waals surface area contributed by atoms with E-state index < -0.39 is 23.1 Å². The van der Waals surface area contributed by atoms with E-state index in [-0.39, 0.29) is 16.7 Å². The van der Waals surface area contributed by atoms with Gasteiger partial charge in [-0.1, -0.05) is 13.3 Å². The maximum absolute atomic E-state index is 12.2. The molecule has 0 aliphatic rings. The number of hydrogen-bond acceptors (Lipinski definition) is 4. The molecule has 1 aromatic carbocycles. The van der Waals surface area contributed by atoms with Gasteiger partial charge in [-0.2, -0.15) is 0 Å². The molecule has 0 amide bonds. The fourth-order valence-electron chi connectivity index (χ4n) is 2.68. The van der Waals surface area contributed by atoms with Crippen molar-refractivity contribution in [2.45, 2.75) is 19.8 Å². The summed E-state index contributed by atoms with van der Waals surface area (Å²) in [6.07, 6.45) is 1.23. The van der Waals surface area contributed by atoms with E-state index >= 15 is 0 Å². The summed E-state index contributed by atoms with van der Waals surface area (Å²) in [6, 6.07) is 3.89. The number of aromatic amines is 1. The third kappa shape index (κ3) is 2.36. The Morgan fingerprint density at radius 1 is 1.17 bits per heavy atom. The Morgan fingerprint density at radius 2 is 1.91 bits per heavy atom. The van der Waals surface area contributed by atoms with Crippen molar-refractivity contribution >= 4 is 33.8 Å². The van der Waals surface area contributed by atoms with Crippen LogP contribution >= 0.6 is 0 Å². The summed E-state index contributed by atoms with van der Waals surface area (Å²) in [6.45, 7) is 1.92. The average molecular weight is 315 g/mol. The second-order valence-electron chi connectivity index (χ2n) is 5.21. The van der Waals surface area contributed by atoms with Crippen molar-refractivity contribution in [2.75, 3.05) is 0 Å². The average Bonchev–Trinajstić information content (AvgIpc) is 2.92. The largest absolute Gasteiger partial charge is 0.477 e. The summed E-state index contributed by atoms with van der Waals surface area (Å²) in [5, 5.41) is 19.0. The number of nitrogens with one attached hydrogen (secondary N) is 1. The molecule has 0 aliphatic heterocycles. The normalized spacial score (nSPS) is 11.2. The van der Waals surface area contributed by atoms with Crippen molar-refractivity contribution in [2.24, 2.45) is 0 Å². The number of fused-ring (bicyclic) bond motifs is 2. The van der Waals surface area contributed by atoms with Crippen LogP contribution in [0.5, 0.6) is 0 Å². The van der Waals surface area contributed by atoms with Gasteiger partial charge in [0.1, 0.15) is 11.3 Å². The fraction of sp³-hybridized carbons (Fsp3) is 0.188. The minimum absolute atomic E-state index is 0.00133. The Kier molecular flexibility index (Phi) is 3.40. The molecule has 0 fully saturated rings. The third-order valence-corrected chi connectivity index (χ3v) is 3.65. The number of aryl methyl sites for hydroxylation is 1. The van der Waals surface area contributed by atoms with Crippen molar-refractivity contribution in [3.8, 4) is 0 Å². The lowest BCUT2D eigenvalue weighted by atomic mass is 10.0. The highest BCUT2D eigenvalue weighted by molar-refractivity contribution is 6.02. The van der Waals surface area contributed by atoms with Crippen molar-refractivity contribution < 1.29 is 24.2 Å². The van der Waals surface area contributed by atoms with Crippen molar-refractivity contribution in [3.05, 3.63) is 45.4 Å². The van der Waals surface area contributed by atoms with Gasteiger partial charge in [0.15, 0.2) is 5.43 Å². The number of hydrogen-bond donors (Lipinski definition) is 3. The second-order valence-corrected chi connectivity index (χ2v) is 5.21. The first kappa shape index (κ1) is 14.8. The van der Waals surface area contributed by atoms with Gasteiger partial charge in [-0.25, -0.2) is 9.59 Å². The maximum Gasteiger partial charge on any atom is 0.371 e. The van der Waals surface area contributed by atoms with Crippen molar-refractivity contribution in [1.29, 1.82) is 0 Å². The number of aromatic nitrogens is 1. The quantitative estimate of drug-likeness (QED) is 0.680. The van der Waals surface area contributed by atoms with Gasteiger partial charge in [0, 0.05) is 17.0 Å². The lowest BCUT2D eigenvalue weighted by Gasteiger charge is -2.07. The molecular formula is C16H13NO6. The van der Waals surface area contributed by atoms with Crippen LogP contribution in [0, 0.1) is 0 Å². The molecule has 23 heavy (non-hydrogen) atoms. The first-order valence-electron chi connectivity index (χ1n) is 7.01. The molecule has 0 radical (unpaired) electrons. The van der Waals surface area contributed by atoms with E-state index in [2.05, 4.69) is 4.98 Å². The van der Waals surface area contributed by atoms with E-state index in [4.69, 9.17) is 14.6 Å². The molecule has 7 heteroatoms. The van der Waals surface area contributed by atoms with Gasteiger partial charge in [-0.15, -0.1) is 0 Å². The highest BCUT2D eigenvalue weighted by atomic mass is 16.4. The minimum Gasteiger partial charge on any atom is -0.477 e. The van der Waals surface area contributed by atoms with Crippen LogP contribution < -0.4 is 5.43 Å². The van der Waals surface area contributed by atoms with Crippen LogP contribution in [0.2, 0.25) is 0 Å². The van der Waals surface area contributed by atoms with Crippen LogP contribution in [0.1, 0.15) is 40.0 Å². The second kappa shape index (κ2) is 5.28. The van der Waals surface area contributed by atoms with Crippen LogP contribution in [-0.4, -0.2) is 27.1 Å². The number of carbonyl (C=O) groups is 2. The van der Waals surface area contributed by atoms with Crippen LogP contribution in [0.15, 0.2) is 27.4 Å². The van der Waals surface area contributed by atoms with E-state index in [0.29, 0.717) is 22.9 Å². The number of benzene rings is 1. The molecule has 0 spiro atoms. The SMILES string of the molecule is CCCc1c2[nH]c(C(=O)O)cc2cc2c(=O)cc(C(=O)O)oc12. The maximum atomic E-state index is 12.2. The molecule has 0 unspecified atom stereocenters. The first-order chi connectivity index (χ1) is 10.9. The number of carboxylic acids is 2. The predicted molar refractivity (Wildman–Crippen MR) is 82.3 cm³/mol. The summed E-state index contributed by atoms with van der Waals surface area (Å²) < 4.78 is 5.40. The molecule has 2 aromatic heterocycles. The zero-order valence-electron chi connectivity index (χ0n) is 12.2. The topological polar surface area (TPSA) is 121 Å². The summed E-state index contributed by atoms with van der Waals surface area (Å²) in [5.41, 5.74) is 0.859. The Hall–Kier alpha value is -3.09. The highest BCUT2D eigenvalue weighted by Crippen LogP contribution is 2.29. The van der Waals surface area contributed by atoms with Gasteiger partial charge in [0.2, 0.25) is 5.76 Å². The van der Waals surface area contributed by atoms with Gasteiger partial charge >= 0.3 is 11.9 Å².